The number of aromatic nitrogens is 2. The Labute approximate surface area is 113 Å². The van der Waals surface area contributed by atoms with Crippen LogP contribution in [0.4, 0.5) is 4.39 Å². The van der Waals surface area contributed by atoms with Crippen molar-refractivity contribution in [1.29, 1.82) is 0 Å². The van der Waals surface area contributed by atoms with Crippen molar-refractivity contribution in [1.82, 2.24) is 15.2 Å². The summed E-state index contributed by atoms with van der Waals surface area (Å²) in [5, 5.41) is 4.82. The first-order valence-corrected chi connectivity index (χ1v) is 5.88. The quantitative estimate of drug-likeness (QED) is 0.674. The van der Waals surface area contributed by atoms with Crippen LogP contribution in [0.3, 0.4) is 0 Å². The zero-order valence-corrected chi connectivity index (χ0v) is 11.0. The van der Waals surface area contributed by atoms with Crippen molar-refractivity contribution < 1.29 is 4.39 Å². The highest BCUT2D eigenvalue weighted by Gasteiger charge is 2.22. The van der Waals surface area contributed by atoms with E-state index in [-0.39, 0.29) is 0 Å². The van der Waals surface area contributed by atoms with Crippen LogP contribution in [-0.4, -0.2) is 9.78 Å². The number of hydrazine groups is 1. The Morgan fingerprint density at radius 2 is 2.17 bits per heavy atom. The summed E-state index contributed by atoms with van der Waals surface area (Å²) in [6.45, 7) is 0. The number of aryl methyl sites for hydroxylation is 1. The summed E-state index contributed by atoms with van der Waals surface area (Å²) in [6.07, 6.45) is 1.48. The molecular weight excluding hydrogens is 278 g/mol. The first-order chi connectivity index (χ1) is 8.54. The van der Waals surface area contributed by atoms with Crippen LogP contribution in [0.25, 0.3) is 0 Å². The SMILES string of the molecule is Cn1ncc(Cl)c1C(NN)c1cc(Cl)ccc1F. The molecule has 0 aliphatic heterocycles. The lowest BCUT2D eigenvalue weighted by molar-refractivity contribution is 0.533. The van der Waals surface area contributed by atoms with Gasteiger partial charge in [0.1, 0.15) is 5.82 Å². The largest absolute Gasteiger partial charge is 0.271 e. The second kappa shape index (κ2) is 5.24. The molecule has 1 heterocycles. The molecule has 0 radical (unpaired) electrons. The molecule has 0 spiro atoms. The van der Waals surface area contributed by atoms with Crippen LogP contribution >= 0.6 is 23.2 Å². The zero-order chi connectivity index (χ0) is 13.3. The van der Waals surface area contributed by atoms with Crippen molar-refractivity contribution in [2.45, 2.75) is 6.04 Å². The smallest absolute Gasteiger partial charge is 0.128 e. The predicted molar refractivity (Wildman–Crippen MR) is 68.8 cm³/mol. The first kappa shape index (κ1) is 13.3. The molecule has 0 saturated heterocycles. The summed E-state index contributed by atoms with van der Waals surface area (Å²) in [5.74, 6) is 5.08. The highest BCUT2D eigenvalue weighted by molar-refractivity contribution is 6.31. The van der Waals surface area contributed by atoms with Crippen LogP contribution in [-0.2, 0) is 7.05 Å². The number of hydrogen-bond acceptors (Lipinski definition) is 3. The van der Waals surface area contributed by atoms with E-state index in [9.17, 15) is 4.39 Å². The van der Waals surface area contributed by atoms with Crippen LogP contribution in [0, 0.1) is 5.82 Å². The molecule has 0 aliphatic carbocycles. The second-order valence-corrected chi connectivity index (χ2v) is 4.61. The number of nitrogens with one attached hydrogen (secondary N) is 1. The van der Waals surface area contributed by atoms with Crippen molar-refractivity contribution in [2.75, 3.05) is 0 Å². The molecule has 0 bridgehead atoms. The number of halogens is 3. The first-order valence-electron chi connectivity index (χ1n) is 5.13. The molecule has 96 valence electrons. The van der Waals surface area contributed by atoms with E-state index in [4.69, 9.17) is 29.0 Å². The highest BCUT2D eigenvalue weighted by atomic mass is 35.5. The highest BCUT2D eigenvalue weighted by Crippen LogP contribution is 2.30. The molecule has 1 aromatic heterocycles. The average molecular weight is 289 g/mol. The lowest BCUT2D eigenvalue weighted by atomic mass is 10.0. The van der Waals surface area contributed by atoms with E-state index in [2.05, 4.69) is 10.5 Å². The van der Waals surface area contributed by atoms with E-state index in [1.165, 1.54) is 29.1 Å². The summed E-state index contributed by atoms with van der Waals surface area (Å²) >= 11 is 11.9. The standard InChI is InChI=1S/C11H11Cl2FN4/c1-18-11(8(13)5-16-18)10(17-15)7-4-6(12)2-3-9(7)14/h2-5,10,17H,15H2,1H3. The van der Waals surface area contributed by atoms with E-state index in [0.29, 0.717) is 21.3 Å². The summed E-state index contributed by atoms with van der Waals surface area (Å²) < 4.78 is 15.4. The fourth-order valence-corrected chi connectivity index (χ4v) is 2.25. The number of hydrogen-bond donors (Lipinski definition) is 2. The van der Waals surface area contributed by atoms with Gasteiger partial charge >= 0.3 is 0 Å². The lowest BCUT2D eigenvalue weighted by Crippen LogP contribution is -2.31. The Hall–Kier alpha value is -1.14. The maximum atomic E-state index is 13.8. The van der Waals surface area contributed by atoms with Gasteiger partial charge in [0, 0.05) is 17.6 Å². The van der Waals surface area contributed by atoms with Gasteiger partial charge < -0.3 is 0 Å². The van der Waals surface area contributed by atoms with Gasteiger partial charge in [-0.15, -0.1) is 0 Å². The fraction of sp³-hybridized carbons (Fsp3) is 0.182. The van der Waals surface area contributed by atoms with E-state index in [1.54, 1.807) is 7.05 Å². The Bertz CT molecular complexity index is 551. The topological polar surface area (TPSA) is 55.9 Å². The Balaban J connectivity index is 2.55. The number of nitrogens with zero attached hydrogens (tertiary/aromatic N) is 2. The molecule has 1 aromatic carbocycles. The van der Waals surface area contributed by atoms with Gasteiger partial charge in [0.15, 0.2) is 0 Å². The molecule has 0 saturated carbocycles. The minimum Gasteiger partial charge on any atom is -0.271 e. The van der Waals surface area contributed by atoms with E-state index in [0.717, 1.165) is 0 Å². The molecule has 1 unspecified atom stereocenters. The molecule has 0 fully saturated rings. The van der Waals surface area contributed by atoms with Gasteiger partial charge in [0.05, 0.1) is 23.0 Å². The number of rotatable bonds is 3. The van der Waals surface area contributed by atoms with Gasteiger partial charge in [0.25, 0.3) is 0 Å². The fourth-order valence-electron chi connectivity index (χ4n) is 1.80. The summed E-state index contributed by atoms with van der Waals surface area (Å²) in [4.78, 5) is 0. The van der Waals surface area contributed by atoms with Crippen molar-refractivity contribution >= 4 is 23.2 Å². The van der Waals surface area contributed by atoms with Crippen molar-refractivity contribution in [3.8, 4) is 0 Å². The predicted octanol–water partition coefficient (Wildman–Crippen LogP) is 2.42. The Morgan fingerprint density at radius 3 is 2.72 bits per heavy atom. The lowest BCUT2D eigenvalue weighted by Gasteiger charge is -2.18. The molecular formula is C11H11Cl2FN4. The monoisotopic (exact) mass is 288 g/mol. The third-order valence-electron chi connectivity index (χ3n) is 2.65. The van der Waals surface area contributed by atoms with Gasteiger partial charge in [-0.25, -0.2) is 9.82 Å². The van der Waals surface area contributed by atoms with E-state index in [1.807, 2.05) is 0 Å². The van der Waals surface area contributed by atoms with Crippen LogP contribution in [0.5, 0.6) is 0 Å². The van der Waals surface area contributed by atoms with Gasteiger partial charge in [-0.2, -0.15) is 5.10 Å². The normalized spacial score (nSPS) is 12.7. The molecule has 7 heteroatoms. The van der Waals surface area contributed by atoms with E-state index < -0.39 is 11.9 Å². The molecule has 0 aliphatic rings. The Morgan fingerprint density at radius 1 is 1.44 bits per heavy atom. The molecule has 4 nitrogen and oxygen atoms in total. The second-order valence-electron chi connectivity index (χ2n) is 3.77. The van der Waals surface area contributed by atoms with E-state index >= 15 is 0 Å². The molecule has 2 aromatic rings. The maximum absolute atomic E-state index is 13.8. The molecule has 1 atom stereocenters. The summed E-state index contributed by atoms with van der Waals surface area (Å²) in [5.41, 5.74) is 3.41. The third kappa shape index (κ3) is 2.35. The van der Waals surface area contributed by atoms with Gasteiger partial charge in [0.2, 0.25) is 0 Å². The van der Waals surface area contributed by atoms with Crippen LogP contribution < -0.4 is 11.3 Å². The van der Waals surface area contributed by atoms with Crippen LogP contribution in [0.15, 0.2) is 24.4 Å². The third-order valence-corrected chi connectivity index (χ3v) is 3.17. The molecule has 3 N–H and O–H groups in total. The minimum atomic E-state index is -0.622. The van der Waals surface area contributed by atoms with Crippen molar-refractivity contribution in [3.63, 3.8) is 0 Å². The molecule has 2 rings (SSSR count). The summed E-state index contributed by atoms with van der Waals surface area (Å²) in [7, 11) is 1.70. The summed E-state index contributed by atoms with van der Waals surface area (Å²) in [6, 6.07) is 3.64. The Kier molecular flexibility index (Phi) is 3.87. The molecule has 18 heavy (non-hydrogen) atoms. The minimum absolute atomic E-state index is 0.315. The van der Waals surface area contributed by atoms with Gasteiger partial charge in [-0.1, -0.05) is 23.2 Å². The van der Waals surface area contributed by atoms with Crippen LogP contribution in [0.1, 0.15) is 17.3 Å². The zero-order valence-electron chi connectivity index (χ0n) is 9.49. The maximum Gasteiger partial charge on any atom is 0.128 e. The van der Waals surface area contributed by atoms with Gasteiger partial charge in [-0.05, 0) is 18.2 Å². The van der Waals surface area contributed by atoms with Gasteiger partial charge in [-0.3, -0.25) is 10.5 Å². The average Bonchev–Trinajstić information content (AvgIpc) is 2.66. The molecule has 0 amide bonds. The number of nitrogens with two attached hydrogens (primary N) is 1. The van der Waals surface area contributed by atoms with Crippen molar-refractivity contribution in [2.24, 2.45) is 12.9 Å². The number of benzene rings is 1. The van der Waals surface area contributed by atoms with Crippen molar-refractivity contribution in [3.05, 3.63) is 51.5 Å². The van der Waals surface area contributed by atoms with Crippen LogP contribution in [0.2, 0.25) is 10.0 Å².